The molecule has 8 rings (SSSR count). The Bertz CT molecular complexity index is 2450. The Labute approximate surface area is 364 Å². The average Bonchev–Trinajstić information content (AvgIpc) is 3.51. The van der Waals surface area contributed by atoms with Crippen LogP contribution in [0.1, 0.15) is 114 Å². The fourth-order valence-corrected chi connectivity index (χ4v) is 10.5. The lowest BCUT2D eigenvalue weighted by atomic mass is 9.49. The molecule has 15 heteroatoms. The summed E-state index contributed by atoms with van der Waals surface area (Å²) >= 11 is 0. The summed E-state index contributed by atoms with van der Waals surface area (Å²) in [5.41, 5.74) is -0.0650. The summed E-state index contributed by atoms with van der Waals surface area (Å²) < 4.78 is 46.9. The van der Waals surface area contributed by atoms with Gasteiger partial charge in [-0.15, -0.1) is 0 Å². The third-order valence-corrected chi connectivity index (χ3v) is 13.7. The van der Waals surface area contributed by atoms with Crippen LogP contribution in [0.25, 0.3) is 0 Å². The first-order valence-corrected chi connectivity index (χ1v) is 21.4. The molecule has 3 aromatic rings. The lowest BCUT2D eigenvalue weighted by molar-refractivity contribution is -0.164. The van der Waals surface area contributed by atoms with Gasteiger partial charge in [0, 0.05) is 65.2 Å². The monoisotopic (exact) mass is 862 g/mol. The normalized spacial score (nSPS) is 23.8. The van der Waals surface area contributed by atoms with Crippen molar-refractivity contribution in [3.05, 3.63) is 94.0 Å². The number of imide groups is 2. The number of hydrogen-bond donors (Lipinski definition) is 2. The number of hydrogen-bond acceptors (Lipinski definition) is 9. The minimum atomic E-state index is -4.70. The smallest absolute Gasteiger partial charge is 0.417 e. The maximum Gasteiger partial charge on any atom is 0.417 e. The number of rotatable bonds is 7. The zero-order valence-electron chi connectivity index (χ0n) is 35.6. The predicted molar refractivity (Wildman–Crippen MR) is 225 cm³/mol. The number of amides is 5. The fourth-order valence-electron chi connectivity index (χ4n) is 10.5. The number of benzene rings is 3. The lowest BCUT2D eigenvalue weighted by Gasteiger charge is -2.63. The van der Waals surface area contributed by atoms with Crippen LogP contribution < -0.4 is 20.3 Å². The number of alkyl halides is 3. The number of nitrogens with zero attached hydrogens (tertiary/aromatic N) is 4. The van der Waals surface area contributed by atoms with Crippen LogP contribution in [-0.2, 0) is 15.8 Å². The molecule has 328 valence electrons. The molecule has 1 aliphatic carbocycles. The molecule has 1 unspecified atom stereocenters. The molecule has 12 nitrogen and oxygen atoms in total. The number of nitriles is 1. The van der Waals surface area contributed by atoms with Crippen LogP contribution in [0, 0.1) is 39.9 Å². The molecular formula is C48H49F3N6O6. The van der Waals surface area contributed by atoms with Crippen LogP contribution in [0.3, 0.4) is 0 Å². The summed E-state index contributed by atoms with van der Waals surface area (Å²) in [6, 6.07) is 16.4. The molecule has 1 atom stereocenters. The van der Waals surface area contributed by atoms with Crippen molar-refractivity contribution in [2.75, 3.05) is 31.1 Å². The van der Waals surface area contributed by atoms with E-state index < -0.39 is 63.9 Å². The van der Waals surface area contributed by atoms with Crippen molar-refractivity contribution in [3.63, 3.8) is 0 Å². The van der Waals surface area contributed by atoms with Crippen LogP contribution in [0.4, 0.5) is 18.9 Å². The number of carbonyl (C=O) groups excluding carboxylic acids is 5. The fraction of sp³-hybridized carbons (Fsp3) is 0.458. The topological polar surface area (TPSA) is 152 Å². The van der Waals surface area contributed by atoms with Crippen LogP contribution in [0.5, 0.6) is 5.75 Å². The average molecular weight is 863 g/mol. The number of anilines is 1. The lowest BCUT2D eigenvalue weighted by Crippen LogP contribution is -2.74. The van der Waals surface area contributed by atoms with Gasteiger partial charge in [-0.3, -0.25) is 34.2 Å². The van der Waals surface area contributed by atoms with Crippen LogP contribution in [0.2, 0.25) is 0 Å². The van der Waals surface area contributed by atoms with Crippen molar-refractivity contribution in [1.82, 2.24) is 20.4 Å². The molecule has 0 spiro atoms. The predicted octanol–water partition coefficient (Wildman–Crippen LogP) is 6.32. The maximum atomic E-state index is 13.6. The molecule has 0 radical (unpaired) electrons. The first-order chi connectivity index (χ1) is 29.9. The van der Waals surface area contributed by atoms with Gasteiger partial charge >= 0.3 is 6.18 Å². The van der Waals surface area contributed by atoms with Crippen LogP contribution >= 0.6 is 0 Å². The number of halogens is 3. The molecule has 63 heavy (non-hydrogen) atoms. The maximum absolute atomic E-state index is 13.6. The molecule has 4 aliphatic heterocycles. The van der Waals surface area contributed by atoms with Gasteiger partial charge in [0.15, 0.2) is 0 Å². The zero-order valence-corrected chi connectivity index (χ0v) is 35.6. The molecule has 0 aromatic heterocycles. The van der Waals surface area contributed by atoms with Crippen molar-refractivity contribution < 1.29 is 41.9 Å². The Kier molecular flexibility index (Phi) is 11.4. The minimum absolute atomic E-state index is 0.00980. The van der Waals surface area contributed by atoms with E-state index in [0.717, 1.165) is 80.1 Å². The highest BCUT2D eigenvalue weighted by Crippen LogP contribution is 2.56. The number of fused-ring (bicyclic) bond motifs is 1. The summed E-state index contributed by atoms with van der Waals surface area (Å²) in [4.78, 5) is 69.7. The van der Waals surface area contributed by atoms with E-state index in [-0.39, 0.29) is 47.6 Å². The zero-order chi connectivity index (χ0) is 45.0. The minimum Gasteiger partial charge on any atom is -0.489 e. The summed E-state index contributed by atoms with van der Waals surface area (Å²) in [6.45, 7) is 11.1. The quantitative estimate of drug-likeness (QED) is 0.205. The third kappa shape index (κ3) is 8.27. The van der Waals surface area contributed by atoms with Crippen molar-refractivity contribution in [1.29, 1.82) is 5.26 Å². The van der Waals surface area contributed by atoms with E-state index in [1.165, 1.54) is 6.07 Å². The van der Waals surface area contributed by atoms with Gasteiger partial charge in [0.1, 0.15) is 17.9 Å². The Balaban J connectivity index is 0.798. The van der Waals surface area contributed by atoms with Crippen molar-refractivity contribution in [2.45, 2.75) is 96.6 Å². The molecule has 0 bridgehead atoms. The van der Waals surface area contributed by atoms with E-state index in [0.29, 0.717) is 11.6 Å². The van der Waals surface area contributed by atoms with E-state index in [1.807, 2.05) is 45.9 Å². The second-order valence-electron chi connectivity index (χ2n) is 18.4. The molecule has 1 saturated carbocycles. The van der Waals surface area contributed by atoms with Crippen molar-refractivity contribution in [2.24, 2.45) is 16.7 Å². The number of likely N-dealkylation sites (tertiary alicyclic amines) is 1. The largest absolute Gasteiger partial charge is 0.489 e. The highest BCUT2D eigenvalue weighted by atomic mass is 19.4. The number of carbonyl (C=O) groups is 5. The molecule has 5 amide bonds. The van der Waals surface area contributed by atoms with E-state index in [2.05, 4.69) is 32.3 Å². The molecule has 3 saturated heterocycles. The third-order valence-electron chi connectivity index (χ3n) is 13.7. The Hall–Kier alpha value is -6.19. The van der Waals surface area contributed by atoms with E-state index in [1.54, 1.807) is 30.3 Å². The van der Waals surface area contributed by atoms with Crippen molar-refractivity contribution in [3.8, 4) is 23.7 Å². The Morgan fingerprint density at radius 3 is 2.14 bits per heavy atom. The molecule has 4 fully saturated rings. The molecular weight excluding hydrogens is 814 g/mol. The van der Waals surface area contributed by atoms with Crippen LogP contribution in [-0.4, -0.2) is 89.7 Å². The highest BCUT2D eigenvalue weighted by Gasteiger charge is 2.64. The summed E-state index contributed by atoms with van der Waals surface area (Å²) in [7, 11) is 0. The molecule has 2 N–H and O–H groups in total. The molecule has 4 heterocycles. The highest BCUT2D eigenvalue weighted by molar-refractivity contribution is 6.23. The first kappa shape index (κ1) is 43.5. The number of nitrogens with one attached hydrogen (secondary N) is 2. The second kappa shape index (κ2) is 16.5. The Morgan fingerprint density at radius 2 is 1.51 bits per heavy atom. The number of piperidine rings is 3. The van der Waals surface area contributed by atoms with E-state index in [4.69, 9.17) is 10.00 Å². The summed E-state index contributed by atoms with van der Waals surface area (Å²) in [5.74, 6) is 4.67. The van der Waals surface area contributed by atoms with Gasteiger partial charge in [-0.05, 0) is 106 Å². The summed E-state index contributed by atoms with van der Waals surface area (Å²) in [5, 5.41) is 14.5. The van der Waals surface area contributed by atoms with Gasteiger partial charge in [0.2, 0.25) is 11.8 Å². The van der Waals surface area contributed by atoms with Gasteiger partial charge in [-0.2, -0.15) is 18.4 Å². The molecule has 5 aliphatic rings. The van der Waals surface area contributed by atoms with Gasteiger partial charge in [-0.1, -0.05) is 39.5 Å². The second-order valence-corrected chi connectivity index (χ2v) is 18.4. The molecule has 3 aromatic carbocycles. The SMILES string of the molecule is CC1(C)[C@H](NC(=O)c2ccc(C#CC3CCN(C4CCN(c5ccc6c(c5)C(=O)N(C5CCC(=O)NC5=O)C6=O)CC4)CC3)cc2)C(C)(C)[C@H]1Oc1ccc(C#N)c(C(F)(F)F)c1. The number of ether oxygens (including phenoxy) is 1. The van der Waals surface area contributed by atoms with E-state index in [9.17, 15) is 37.1 Å². The summed E-state index contributed by atoms with van der Waals surface area (Å²) in [6.07, 6.45) is -1.22. The standard InChI is InChI=1S/C48H49F3N6O6/c1-46(2)44(47(3,4)45(46)63-34-13-11-31(27-52)37(26-34)48(49,50)51)54-40(59)30-9-7-28(8-10-30)5-6-29-17-21-55(22-18-29)32-19-23-56(24-20-32)33-12-14-35-36(25-33)43(62)57(42(35)61)38-15-16-39(58)53-41(38)60/h7-14,25-26,29,32,38,44-45H,15-24H2,1-4H3,(H,54,59)(H,53,58,60)/t38?,44-,45-. The van der Waals surface area contributed by atoms with E-state index >= 15 is 0 Å². The van der Waals surface area contributed by atoms with Gasteiger partial charge in [0.05, 0.1) is 28.3 Å². The van der Waals surface area contributed by atoms with Crippen LogP contribution in [0.15, 0.2) is 60.7 Å². The van der Waals surface area contributed by atoms with Gasteiger partial charge in [-0.25, -0.2) is 0 Å². The van der Waals surface area contributed by atoms with Gasteiger partial charge in [0.25, 0.3) is 17.7 Å². The van der Waals surface area contributed by atoms with Gasteiger partial charge < -0.3 is 19.9 Å². The first-order valence-electron chi connectivity index (χ1n) is 21.4. The Morgan fingerprint density at radius 1 is 0.841 bits per heavy atom. The van der Waals surface area contributed by atoms with Crippen molar-refractivity contribution >= 4 is 35.2 Å².